The number of rotatable bonds is 6. The van der Waals surface area contributed by atoms with Crippen molar-refractivity contribution in [1.82, 2.24) is 4.98 Å². The molecule has 1 aromatic heterocycles. The lowest BCUT2D eigenvalue weighted by Crippen LogP contribution is -2.26. The van der Waals surface area contributed by atoms with E-state index in [2.05, 4.69) is 4.98 Å². The third-order valence-electron chi connectivity index (χ3n) is 2.26. The van der Waals surface area contributed by atoms with Crippen LogP contribution in [0.3, 0.4) is 0 Å². The number of aryl methyl sites for hydroxylation is 1. The van der Waals surface area contributed by atoms with Crippen LogP contribution in [0.15, 0.2) is 18.3 Å². The maximum Gasteiger partial charge on any atom is 0.344 e. The van der Waals surface area contributed by atoms with Gasteiger partial charge in [0.1, 0.15) is 5.75 Å². The number of unbranched alkanes of at least 4 members (excludes halogenated alkanes) is 1. The van der Waals surface area contributed by atoms with Gasteiger partial charge in [0.05, 0.1) is 6.20 Å². The van der Waals surface area contributed by atoms with E-state index in [0.717, 1.165) is 18.5 Å². The Morgan fingerprint density at radius 1 is 1.56 bits per heavy atom. The van der Waals surface area contributed by atoms with E-state index in [1.54, 1.807) is 18.3 Å². The molecule has 88 valence electrons. The summed E-state index contributed by atoms with van der Waals surface area (Å²) in [6, 6.07) is 3.54. The molecule has 0 bridgehead atoms. The molecule has 4 nitrogen and oxygen atoms in total. The van der Waals surface area contributed by atoms with Crippen LogP contribution in [-0.2, 0) is 4.79 Å². The van der Waals surface area contributed by atoms with E-state index >= 15 is 0 Å². The van der Waals surface area contributed by atoms with Crippen molar-refractivity contribution < 1.29 is 14.6 Å². The molecule has 0 aromatic carbocycles. The maximum absolute atomic E-state index is 10.9. The molecule has 16 heavy (non-hydrogen) atoms. The number of ether oxygens (including phenoxy) is 1. The second-order valence-electron chi connectivity index (χ2n) is 3.72. The molecule has 1 aromatic rings. The van der Waals surface area contributed by atoms with Crippen molar-refractivity contribution in [3.05, 3.63) is 24.0 Å². The minimum atomic E-state index is -0.922. The lowest BCUT2D eigenvalue weighted by molar-refractivity contribution is -0.145. The number of aromatic nitrogens is 1. The van der Waals surface area contributed by atoms with Crippen LogP contribution in [0, 0.1) is 6.92 Å². The molecule has 0 aliphatic rings. The van der Waals surface area contributed by atoms with E-state index in [9.17, 15) is 4.79 Å². The fraction of sp³-hybridized carbons (Fsp3) is 0.500. The zero-order valence-corrected chi connectivity index (χ0v) is 9.64. The molecule has 4 heteroatoms. The average molecular weight is 223 g/mol. The van der Waals surface area contributed by atoms with Crippen LogP contribution >= 0.6 is 0 Å². The van der Waals surface area contributed by atoms with Crippen LogP contribution in [0.4, 0.5) is 0 Å². The van der Waals surface area contributed by atoms with E-state index in [1.807, 2.05) is 13.8 Å². The molecule has 0 saturated heterocycles. The predicted molar refractivity (Wildman–Crippen MR) is 60.6 cm³/mol. The summed E-state index contributed by atoms with van der Waals surface area (Å²) in [5, 5.41) is 8.97. The van der Waals surface area contributed by atoms with Crippen molar-refractivity contribution in [1.29, 1.82) is 0 Å². The first kappa shape index (κ1) is 12.5. The van der Waals surface area contributed by atoms with E-state index in [-0.39, 0.29) is 0 Å². The highest BCUT2D eigenvalue weighted by atomic mass is 16.5. The molecule has 0 aliphatic carbocycles. The van der Waals surface area contributed by atoms with Gasteiger partial charge in [0.25, 0.3) is 0 Å². The smallest absolute Gasteiger partial charge is 0.344 e. The molecule has 0 spiro atoms. The molecule has 1 rings (SSSR count). The molecule has 0 radical (unpaired) electrons. The predicted octanol–water partition coefficient (Wildman–Crippen LogP) is 2.41. The number of hydrogen-bond acceptors (Lipinski definition) is 3. The summed E-state index contributed by atoms with van der Waals surface area (Å²) in [5.74, 6) is -0.414. The molecule has 0 amide bonds. The van der Waals surface area contributed by atoms with Gasteiger partial charge in [0, 0.05) is 5.69 Å². The Morgan fingerprint density at radius 3 is 2.81 bits per heavy atom. The molecular formula is C12H17NO3. The van der Waals surface area contributed by atoms with Crippen molar-refractivity contribution in [2.75, 3.05) is 0 Å². The van der Waals surface area contributed by atoms with E-state index in [4.69, 9.17) is 9.84 Å². The van der Waals surface area contributed by atoms with Crippen molar-refractivity contribution in [3.8, 4) is 5.75 Å². The number of carboxylic acids is 1. The summed E-state index contributed by atoms with van der Waals surface area (Å²) in [5.41, 5.74) is 0.882. The second-order valence-corrected chi connectivity index (χ2v) is 3.72. The first-order valence-corrected chi connectivity index (χ1v) is 5.45. The van der Waals surface area contributed by atoms with Crippen molar-refractivity contribution in [2.45, 2.75) is 39.2 Å². The summed E-state index contributed by atoms with van der Waals surface area (Å²) in [7, 11) is 0. The van der Waals surface area contributed by atoms with Crippen molar-refractivity contribution >= 4 is 5.97 Å². The fourth-order valence-corrected chi connectivity index (χ4v) is 1.31. The van der Waals surface area contributed by atoms with Gasteiger partial charge in [-0.3, -0.25) is 4.98 Å². The van der Waals surface area contributed by atoms with Gasteiger partial charge in [0.2, 0.25) is 0 Å². The molecular weight excluding hydrogens is 206 g/mol. The van der Waals surface area contributed by atoms with Gasteiger partial charge in [-0.15, -0.1) is 0 Å². The van der Waals surface area contributed by atoms with Gasteiger partial charge < -0.3 is 9.84 Å². The monoisotopic (exact) mass is 223 g/mol. The zero-order valence-electron chi connectivity index (χ0n) is 9.64. The third kappa shape index (κ3) is 3.88. The highest BCUT2D eigenvalue weighted by Gasteiger charge is 2.18. The van der Waals surface area contributed by atoms with Crippen molar-refractivity contribution in [3.63, 3.8) is 0 Å². The maximum atomic E-state index is 10.9. The second kappa shape index (κ2) is 6.10. The quantitative estimate of drug-likeness (QED) is 0.804. The number of hydrogen-bond donors (Lipinski definition) is 1. The Kier molecular flexibility index (Phi) is 4.76. The van der Waals surface area contributed by atoms with Gasteiger partial charge in [0.15, 0.2) is 6.10 Å². The minimum Gasteiger partial charge on any atom is -0.479 e. The Labute approximate surface area is 95.3 Å². The molecule has 0 fully saturated rings. The highest BCUT2D eigenvalue weighted by Crippen LogP contribution is 2.14. The Hall–Kier alpha value is -1.58. The van der Waals surface area contributed by atoms with E-state index < -0.39 is 12.1 Å². The van der Waals surface area contributed by atoms with Crippen LogP contribution < -0.4 is 4.74 Å². The lowest BCUT2D eigenvalue weighted by atomic mass is 10.1. The minimum absolute atomic E-state index is 0.508. The summed E-state index contributed by atoms with van der Waals surface area (Å²) < 4.78 is 5.37. The molecule has 0 saturated carbocycles. The summed E-state index contributed by atoms with van der Waals surface area (Å²) in [4.78, 5) is 15.0. The Morgan fingerprint density at radius 2 is 2.31 bits per heavy atom. The molecule has 1 N–H and O–H groups in total. The van der Waals surface area contributed by atoms with Gasteiger partial charge in [-0.1, -0.05) is 13.3 Å². The summed E-state index contributed by atoms with van der Waals surface area (Å²) in [6.45, 7) is 3.89. The topological polar surface area (TPSA) is 59.4 Å². The van der Waals surface area contributed by atoms with Gasteiger partial charge >= 0.3 is 5.97 Å². The summed E-state index contributed by atoms with van der Waals surface area (Å²) in [6.07, 6.45) is 3.11. The third-order valence-corrected chi connectivity index (χ3v) is 2.26. The largest absolute Gasteiger partial charge is 0.479 e. The van der Waals surface area contributed by atoms with E-state index in [0.29, 0.717) is 12.2 Å². The molecule has 1 heterocycles. The first-order chi connectivity index (χ1) is 7.63. The standard InChI is InChI=1S/C12H17NO3/c1-3-4-5-11(12(14)15)16-10-7-6-9(2)13-8-10/h6-8,11H,3-5H2,1-2H3,(H,14,15). The number of carbonyl (C=O) groups is 1. The number of nitrogens with zero attached hydrogens (tertiary/aromatic N) is 1. The molecule has 1 atom stereocenters. The van der Waals surface area contributed by atoms with Crippen LogP contribution in [0.5, 0.6) is 5.75 Å². The molecule has 0 aliphatic heterocycles. The van der Waals surface area contributed by atoms with Crippen LogP contribution in [0.2, 0.25) is 0 Å². The van der Waals surface area contributed by atoms with E-state index in [1.165, 1.54) is 0 Å². The number of aliphatic carboxylic acids is 1. The number of pyridine rings is 1. The lowest BCUT2D eigenvalue weighted by Gasteiger charge is -2.14. The summed E-state index contributed by atoms with van der Waals surface area (Å²) >= 11 is 0. The van der Waals surface area contributed by atoms with Crippen molar-refractivity contribution in [2.24, 2.45) is 0 Å². The van der Waals surface area contributed by atoms with Gasteiger partial charge in [-0.05, 0) is 31.9 Å². The van der Waals surface area contributed by atoms with Crippen LogP contribution in [0.1, 0.15) is 31.9 Å². The van der Waals surface area contributed by atoms with Crippen LogP contribution in [0.25, 0.3) is 0 Å². The zero-order chi connectivity index (χ0) is 12.0. The first-order valence-electron chi connectivity index (χ1n) is 5.45. The Balaban J connectivity index is 2.60. The van der Waals surface area contributed by atoms with Gasteiger partial charge in [-0.2, -0.15) is 0 Å². The fourth-order valence-electron chi connectivity index (χ4n) is 1.31. The number of carboxylic acid groups (broad SMARTS) is 1. The Bertz CT molecular complexity index is 335. The molecule has 1 unspecified atom stereocenters. The van der Waals surface area contributed by atoms with Gasteiger partial charge in [-0.25, -0.2) is 4.79 Å². The van der Waals surface area contributed by atoms with Crippen LogP contribution in [-0.4, -0.2) is 22.2 Å². The normalized spacial score (nSPS) is 12.1. The average Bonchev–Trinajstić information content (AvgIpc) is 2.26. The highest BCUT2D eigenvalue weighted by molar-refractivity contribution is 5.72. The SMILES string of the molecule is CCCCC(Oc1ccc(C)nc1)C(=O)O.